The van der Waals surface area contributed by atoms with Gasteiger partial charge in [0, 0.05) is 25.9 Å². The molecule has 0 aromatic carbocycles. The Bertz CT molecular complexity index is 731. The molecule has 2 aliphatic rings. The molecule has 5 unspecified atom stereocenters. The van der Waals surface area contributed by atoms with Gasteiger partial charge < -0.3 is 34.5 Å². The zero-order chi connectivity index (χ0) is 30.8. The van der Waals surface area contributed by atoms with Crippen LogP contribution in [0, 0.1) is 5.92 Å². The number of rotatable bonds is 18. The number of hydrogen-bond acceptors (Lipinski definition) is 8. The SMILES string of the molecule is C=CC1CCC2OC2C1.CCO[Si](CC[Si](C)(O[SiH](C)O[Si](C)(C)O[Si](C)(C)C)O[Si](C)(C)C)(OCC)OCC. The largest absolute Gasteiger partial charge is 0.500 e. The third kappa shape index (κ3) is 16.0. The van der Waals surface area contributed by atoms with Gasteiger partial charge in [-0.25, -0.2) is 0 Å². The minimum absolute atomic E-state index is 0.572. The molecular formula is C26H62O8Si6. The zero-order valence-electron chi connectivity index (χ0n) is 28.0. The lowest BCUT2D eigenvalue weighted by molar-refractivity contribution is 0.0719. The molecule has 1 saturated carbocycles. The fourth-order valence-corrected chi connectivity index (χ4v) is 30.2. The van der Waals surface area contributed by atoms with Crippen molar-refractivity contribution in [2.24, 2.45) is 5.92 Å². The second kappa shape index (κ2) is 16.7. The summed E-state index contributed by atoms with van der Waals surface area (Å²) in [5.41, 5.74) is 0. The van der Waals surface area contributed by atoms with E-state index in [1.165, 1.54) is 19.3 Å². The Labute approximate surface area is 253 Å². The summed E-state index contributed by atoms with van der Waals surface area (Å²) in [5, 5.41) is 0. The van der Waals surface area contributed by atoms with Crippen LogP contribution in [0.2, 0.25) is 77.6 Å². The molecule has 0 aromatic rings. The first-order valence-corrected chi connectivity index (χ1v) is 31.4. The van der Waals surface area contributed by atoms with Crippen LogP contribution in [0.1, 0.15) is 40.0 Å². The maximum absolute atomic E-state index is 6.69. The molecule has 5 atom stereocenters. The predicted octanol–water partition coefficient (Wildman–Crippen LogP) is 7.14. The number of hydrogen-bond donors (Lipinski definition) is 0. The predicted molar refractivity (Wildman–Crippen MR) is 180 cm³/mol. The Kier molecular flexibility index (Phi) is 16.2. The summed E-state index contributed by atoms with van der Waals surface area (Å²) in [7, 11) is -13.0. The summed E-state index contributed by atoms with van der Waals surface area (Å²) < 4.78 is 49.8. The van der Waals surface area contributed by atoms with E-state index in [2.05, 4.69) is 78.1 Å². The Morgan fingerprint density at radius 3 is 1.70 bits per heavy atom. The summed E-state index contributed by atoms with van der Waals surface area (Å²) in [5.74, 6) is 0.744. The molecule has 0 aromatic heterocycles. The fourth-order valence-electron chi connectivity index (χ4n) is 5.35. The van der Waals surface area contributed by atoms with Gasteiger partial charge in [0.25, 0.3) is 0 Å². The smallest absolute Gasteiger partial charge is 0.437 e. The van der Waals surface area contributed by atoms with Crippen molar-refractivity contribution in [3.05, 3.63) is 12.7 Å². The van der Waals surface area contributed by atoms with Gasteiger partial charge >= 0.3 is 35.2 Å². The summed E-state index contributed by atoms with van der Waals surface area (Å²) in [4.78, 5) is 0. The first-order chi connectivity index (χ1) is 18.3. The summed E-state index contributed by atoms with van der Waals surface area (Å²) in [6.07, 6.45) is 7.11. The topological polar surface area (TPSA) is 77.1 Å². The van der Waals surface area contributed by atoms with Gasteiger partial charge in [-0.3, -0.25) is 0 Å². The van der Waals surface area contributed by atoms with E-state index in [0.717, 1.165) is 12.0 Å². The van der Waals surface area contributed by atoms with E-state index in [1.54, 1.807) is 0 Å². The zero-order valence-corrected chi connectivity index (χ0v) is 34.2. The standard InChI is InChI=1S/C18H50O7Si6.C8H12O/c1-14-19-31(20-15-2,21-16-3)18-17-30(13,25-28(8,9)10)23-26(4)22-29(11,12)24-27(5,6)7;1-2-6-3-4-7-8(5-6)9-7/h26H,14-18H2,1-13H3;2,6-8H,1,3-5H2. The van der Waals surface area contributed by atoms with Gasteiger partial charge in [-0.15, -0.1) is 6.58 Å². The van der Waals surface area contributed by atoms with Crippen molar-refractivity contribution in [2.75, 3.05) is 19.8 Å². The van der Waals surface area contributed by atoms with Gasteiger partial charge in [0.15, 0.2) is 16.6 Å². The molecule has 40 heavy (non-hydrogen) atoms. The Morgan fingerprint density at radius 1 is 0.750 bits per heavy atom. The van der Waals surface area contributed by atoms with Gasteiger partial charge in [0.05, 0.1) is 12.2 Å². The second-order valence-electron chi connectivity index (χ2n) is 13.3. The summed E-state index contributed by atoms with van der Waals surface area (Å²) in [6.45, 7) is 33.2. The lowest BCUT2D eigenvalue weighted by atomic mass is 9.90. The Balaban J connectivity index is 0.000000731. The molecule has 8 nitrogen and oxygen atoms in total. The molecule has 0 bridgehead atoms. The average molecular weight is 671 g/mol. The van der Waals surface area contributed by atoms with Gasteiger partial charge in [0.1, 0.15) is 0 Å². The molecule has 1 heterocycles. The Morgan fingerprint density at radius 2 is 1.27 bits per heavy atom. The molecule has 238 valence electrons. The molecule has 0 spiro atoms. The summed E-state index contributed by atoms with van der Waals surface area (Å²) in [6, 6.07) is 1.46. The van der Waals surface area contributed by atoms with Crippen molar-refractivity contribution < 1.29 is 34.5 Å². The minimum atomic E-state index is -2.76. The number of allylic oxidation sites excluding steroid dienone is 1. The molecule has 14 heteroatoms. The first kappa shape index (κ1) is 38.7. The van der Waals surface area contributed by atoms with Crippen LogP contribution in [0.15, 0.2) is 12.7 Å². The number of fused-ring (bicyclic) bond motifs is 1. The number of ether oxygens (including phenoxy) is 1. The van der Waals surface area contributed by atoms with Crippen LogP contribution >= 0.6 is 0 Å². The van der Waals surface area contributed by atoms with E-state index in [-0.39, 0.29) is 0 Å². The van der Waals surface area contributed by atoms with Crippen molar-refractivity contribution in [1.82, 2.24) is 0 Å². The molecule has 1 saturated heterocycles. The third-order valence-corrected chi connectivity index (χ3v) is 26.5. The van der Waals surface area contributed by atoms with Crippen LogP contribution in [-0.4, -0.2) is 83.9 Å². The van der Waals surface area contributed by atoms with Crippen molar-refractivity contribution in [1.29, 1.82) is 0 Å². The average Bonchev–Trinajstić information content (AvgIpc) is 3.54. The van der Waals surface area contributed by atoms with E-state index >= 15 is 0 Å². The van der Waals surface area contributed by atoms with Gasteiger partial charge in [0.2, 0.25) is 0 Å². The lowest BCUT2D eigenvalue weighted by Gasteiger charge is -2.39. The van der Waals surface area contributed by atoms with Gasteiger partial charge in [-0.05, 0) is 117 Å². The fraction of sp³-hybridized carbons (Fsp3) is 0.923. The van der Waals surface area contributed by atoms with E-state index in [1.807, 2.05) is 20.8 Å². The van der Waals surface area contributed by atoms with Crippen LogP contribution in [-0.2, 0) is 34.5 Å². The molecule has 1 aliphatic heterocycles. The second-order valence-corrected chi connectivity index (χ2v) is 34.7. The summed E-state index contributed by atoms with van der Waals surface area (Å²) >= 11 is 0. The van der Waals surface area contributed by atoms with E-state index in [9.17, 15) is 0 Å². The van der Waals surface area contributed by atoms with Crippen LogP contribution < -0.4 is 0 Å². The van der Waals surface area contributed by atoms with Crippen LogP contribution in [0.3, 0.4) is 0 Å². The van der Waals surface area contributed by atoms with Gasteiger partial charge in [-0.1, -0.05) is 6.08 Å². The maximum atomic E-state index is 6.69. The highest BCUT2D eigenvalue weighted by molar-refractivity contribution is 6.87. The molecule has 0 N–H and O–H groups in total. The highest BCUT2D eigenvalue weighted by Crippen LogP contribution is 2.39. The van der Waals surface area contributed by atoms with Gasteiger partial charge in [-0.2, -0.15) is 0 Å². The first-order valence-electron chi connectivity index (χ1n) is 15.3. The molecule has 1 aliphatic carbocycles. The monoisotopic (exact) mass is 670 g/mol. The van der Waals surface area contributed by atoms with Crippen LogP contribution in [0.5, 0.6) is 0 Å². The highest BCUT2D eigenvalue weighted by Gasteiger charge is 2.47. The van der Waals surface area contributed by atoms with Crippen LogP contribution in [0.4, 0.5) is 0 Å². The van der Waals surface area contributed by atoms with Crippen LogP contribution in [0.25, 0.3) is 0 Å². The van der Waals surface area contributed by atoms with Crippen molar-refractivity contribution in [3.63, 3.8) is 0 Å². The lowest BCUT2D eigenvalue weighted by Crippen LogP contribution is -2.55. The Hall–Kier alpha value is 0.721. The minimum Gasteiger partial charge on any atom is -0.437 e. The van der Waals surface area contributed by atoms with Crippen molar-refractivity contribution in [2.45, 2.75) is 130 Å². The molecular weight excluding hydrogens is 609 g/mol. The molecule has 0 radical (unpaired) electrons. The molecule has 2 rings (SSSR count). The number of epoxide rings is 1. The van der Waals surface area contributed by atoms with Crippen molar-refractivity contribution >= 4 is 51.8 Å². The van der Waals surface area contributed by atoms with E-state index < -0.39 is 51.8 Å². The normalized spacial score (nSPS) is 23.9. The van der Waals surface area contributed by atoms with E-state index in [0.29, 0.717) is 38.1 Å². The highest BCUT2D eigenvalue weighted by atomic mass is 28.5. The molecule has 2 fully saturated rings. The quantitative estimate of drug-likeness (QED) is 0.0866. The molecule has 0 amide bonds. The maximum Gasteiger partial charge on any atom is 0.500 e. The van der Waals surface area contributed by atoms with E-state index in [4.69, 9.17) is 34.5 Å². The van der Waals surface area contributed by atoms with Crippen molar-refractivity contribution in [3.8, 4) is 0 Å². The third-order valence-electron chi connectivity index (χ3n) is 6.30.